The lowest BCUT2D eigenvalue weighted by atomic mass is 10.2. The number of pyridine rings is 1. The van der Waals surface area contributed by atoms with Gasteiger partial charge in [-0.3, -0.25) is 0 Å². The summed E-state index contributed by atoms with van der Waals surface area (Å²) in [6, 6.07) is 2.97. The topological polar surface area (TPSA) is 75.1 Å². The summed E-state index contributed by atoms with van der Waals surface area (Å²) in [6.45, 7) is 2.64. The highest BCUT2D eigenvalue weighted by atomic mass is 32.1. The molecule has 0 unspecified atom stereocenters. The fourth-order valence-corrected chi connectivity index (χ4v) is 2.22. The minimum absolute atomic E-state index is 0.223. The molecule has 0 aromatic carbocycles. The van der Waals surface area contributed by atoms with Crippen molar-refractivity contribution >= 4 is 23.1 Å². The highest BCUT2D eigenvalue weighted by molar-refractivity contribution is 7.11. The van der Waals surface area contributed by atoms with E-state index in [1.165, 1.54) is 23.2 Å². The van der Waals surface area contributed by atoms with Gasteiger partial charge in [0.2, 0.25) is 0 Å². The highest BCUT2D eigenvalue weighted by Crippen LogP contribution is 2.15. The average molecular weight is 263 g/mol. The third kappa shape index (κ3) is 3.04. The lowest BCUT2D eigenvalue weighted by Crippen LogP contribution is -2.03. The largest absolute Gasteiger partial charge is 0.478 e. The molecule has 0 atom stereocenters. The van der Waals surface area contributed by atoms with E-state index in [1.54, 1.807) is 11.3 Å². The Bertz CT molecular complexity index is 554. The molecule has 0 saturated heterocycles. The molecule has 2 N–H and O–H groups in total. The summed E-state index contributed by atoms with van der Waals surface area (Å²) in [4.78, 5) is 20.4. The van der Waals surface area contributed by atoms with Crippen LogP contribution in [0.1, 0.15) is 27.2 Å². The van der Waals surface area contributed by atoms with Crippen molar-refractivity contribution in [2.75, 3.05) is 5.32 Å². The number of carboxylic acid groups (broad SMARTS) is 1. The molecule has 2 aromatic rings. The first-order valence-electron chi connectivity index (χ1n) is 5.56. The maximum atomic E-state index is 10.8. The molecular weight excluding hydrogens is 250 g/mol. The monoisotopic (exact) mass is 263 g/mol. The molecule has 0 aliphatic carbocycles. The van der Waals surface area contributed by atoms with Gasteiger partial charge < -0.3 is 10.4 Å². The fraction of sp³-hybridized carbons (Fsp3) is 0.250. The maximum absolute atomic E-state index is 10.8. The summed E-state index contributed by atoms with van der Waals surface area (Å²) >= 11 is 1.64. The van der Waals surface area contributed by atoms with Crippen molar-refractivity contribution in [3.63, 3.8) is 0 Å². The van der Waals surface area contributed by atoms with Gasteiger partial charge in [-0.25, -0.2) is 14.8 Å². The first-order chi connectivity index (χ1) is 8.69. The van der Waals surface area contributed by atoms with Crippen LogP contribution < -0.4 is 5.32 Å². The molecule has 0 aliphatic heterocycles. The second kappa shape index (κ2) is 5.59. The number of hydrogen-bond donors (Lipinski definition) is 2. The van der Waals surface area contributed by atoms with Crippen LogP contribution in [-0.4, -0.2) is 21.0 Å². The van der Waals surface area contributed by atoms with Crippen molar-refractivity contribution in [2.24, 2.45) is 0 Å². The van der Waals surface area contributed by atoms with E-state index in [-0.39, 0.29) is 5.56 Å². The van der Waals surface area contributed by atoms with Crippen LogP contribution in [0.2, 0.25) is 0 Å². The molecule has 2 aromatic heterocycles. The molecule has 18 heavy (non-hydrogen) atoms. The lowest BCUT2D eigenvalue weighted by Gasteiger charge is -2.03. The van der Waals surface area contributed by atoms with E-state index in [4.69, 9.17) is 5.11 Å². The zero-order chi connectivity index (χ0) is 13.0. The van der Waals surface area contributed by atoms with Gasteiger partial charge in [0.15, 0.2) is 0 Å². The molecule has 0 aliphatic rings. The van der Waals surface area contributed by atoms with Gasteiger partial charge in [-0.05, 0) is 18.6 Å². The standard InChI is InChI=1S/C12H13N3O2S/c1-2-9-6-15-11(18-9)7-14-10-5-8(12(16)17)3-4-13-10/h3-6H,2,7H2,1H3,(H,13,14)(H,16,17). The zero-order valence-electron chi connectivity index (χ0n) is 9.88. The van der Waals surface area contributed by atoms with Crippen LogP contribution in [0, 0.1) is 0 Å². The van der Waals surface area contributed by atoms with Crippen molar-refractivity contribution in [3.8, 4) is 0 Å². The van der Waals surface area contributed by atoms with Gasteiger partial charge in [-0.15, -0.1) is 11.3 Å². The van der Waals surface area contributed by atoms with Gasteiger partial charge in [-0.2, -0.15) is 0 Å². The van der Waals surface area contributed by atoms with E-state index in [0.29, 0.717) is 12.4 Å². The summed E-state index contributed by atoms with van der Waals surface area (Å²) in [6.07, 6.45) is 4.32. The summed E-state index contributed by atoms with van der Waals surface area (Å²) in [5.74, 6) is -0.411. The normalized spacial score (nSPS) is 10.3. The van der Waals surface area contributed by atoms with E-state index in [1.807, 2.05) is 6.20 Å². The molecule has 94 valence electrons. The predicted octanol–water partition coefficient (Wildman–Crippen LogP) is 2.41. The van der Waals surface area contributed by atoms with Crippen molar-refractivity contribution in [3.05, 3.63) is 40.0 Å². The predicted molar refractivity (Wildman–Crippen MR) is 70.0 cm³/mol. The van der Waals surface area contributed by atoms with Crippen molar-refractivity contribution in [1.82, 2.24) is 9.97 Å². The van der Waals surface area contributed by atoms with Gasteiger partial charge in [0.1, 0.15) is 10.8 Å². The third-order valence-corrected chi connectivity index (χ3v) is 3.52. The number of aromatic carboxylic acids is 1. The van der Waals surface area contributed by atoms with Crippen LogP contribution in [-0.2, 0) is 13.0 Å². The molecule has 2 rings (SSSR count). The van der Waals surface area contributed by atoms with Gasteiger partial charge in [0.05, 0.1) is 12.1 Å². The number of thiazole rings is 1. The minimum Gasteiger partial charge on any atom is -0.478 e. The third-order valence-electron chi connectivity index (χ3n) is 2.38. The zero-order valence-corrected chi connectivity index (χ0v) is 10.7. The number of aromatic nitrogens is 2. The number of hydrogen-bond acceptors (Lipinski definition) is 5. The number of anilines is 1. The molecule has 5 nitrogen and oxygen atoms in total. The van der Waals surface area contributed by atoms with Crippen LogP contribution in [0.3, 0.4) is 0 Å². The van der Waals surface area contributed by atoms with E-state index < -0.39 is 5.97 Å². The minimum atomic E-state index is -0.956. The quantitative estimate of drug-likeness (QED) is 0.866. The molecule has 0 saturated carbocycles. The first-order valence-corrected chi connectivity index (χ1v) is 6.37. The van der Waals surface area contributed by atoms with E-state index in [0.717, 1.165) is 11.4 Å². The molecule has 0 amide bonds. The van der Waals surface area contributed by atoms with Crippen LogP contribution in [0.25, 0.3) is 0 Å². The Morgan fingerprint density at radius 2 is 2.33 bits per heavy atom. The molecule has 2 heterocycles. The Morgan fingerprint density at radius 3 is 3.00 bits per heavy atom. The summed E-state index contributed by atoms with van der Waals surface area (Å²) in [7, 11) is 0. The molecule has 0 spiro atoms. The molecule has 0 radical (unpaired) electrons. The van der Waals surface area contributed by atoms with Gasteiger partial charge in [0, 0.05) is 17.3 Å². The van der Waals surface area contributed by atoms with Crippen molar-refractivity contribution < 1.29 is 9.90 Å². The second-order valence-electron chi connectivity index (χ2n) is 3.66. The van der Waals surface area contributed by atoms with Crippen LogP contribution in [0.15, 0.2) is 24.5 Å². The van der Waals surface area contributed by atoms with Crippen LogP contribution >= 0.6 is 11.3 Å². The van der Waals surface area contributed by atoms with E-state index >= 15 is 0 Å². The number of aryl methyl sites for hydroxylation is 1. The maximum Gasteiger partial charge on any atom is 0.335 e. The SMILES string of the molecule is CCc1cnc(CNc2cc(C(=O)O)ccn2)s1. The van der Waals surface area contributed by atoms with Crippen LogP contribution in [0.5, 0.6) is 0 Å². The number of carbonyl (C=O) groups is 1. The Labute approximate surface area is 109 Å². The Hall–Kier alpha value is -1.95. The van der Waals surface area contributed by atoms with Crippen molar-refractivity contribution in [1.29, 1.82) is 0 Å². The van der Waals surface area contributed by atoms with E-state index in [9.17, 15) is 4.79 Å². The summed E-state index contributed by atoms with van der Waals surface area (Å²) in [5, 5.41) is 12.9. The Kier molecular flexibility index (Phi) is 3.88. The lowest BCUT2D eigenvalue weighted by molar-refractivity contribution is 0.0697. The Balaban J connectivity index is 2.01. The van der Waals surface area contributed by atoms with Gasteiger partial charge >= 0.3 is 5.97 Å². The molecule has 6 heteroatoms. The number of carboxylic acids is 1. The fourth-order valence-electron chi connectivity index (χ4n) is 1.42. The van der Waals surface area contributed by atoms with Gasteiger partial charge in [0.25, 0.3) is 0 Å². The number of rotatable bonds is 5. The second-order valence-corrected chi connectivity index (χ2v) is 4.86. The molecule has 0 fully saturated rings. The van der Waals surface area contributed by atoms with Crippen LogP contribution in [0.4, 0.5) is 5.82 Å². The smallest absolute Gasteiger partial charge is 0.335 e. The first kappa shape index (κ1) is 12.5. The van der Waals surface area contributed by atoms with E-state index in [2.05, 4.69) is 22.2 Å². The molecular formula is C12H13N3O2S. The van der Waals surface area contributed by atoms with Crippen molar-refractivity contribution in [2.45, 2.75) is 19.9 Å². The number of nitrogens with zero attached hydrogens (tertiary/aromatic N) is 2. The summed E-state index contributed by atoms with van der Waals surface area (Å²) < 4.78 is 0. The number of nitrogens with one attached hydrogen (secondary N) is 1. The average Bonchev–Trinajstić information content (AvgIpc) is 2.84. The molecule has 0 bridgehead atoms. The highest BCUT2D eigenvalue weighted by Gasteiger charge is 2.05. The Morgan fingerprint density at radius 1 is 1.50 bits per heavy atom. The van der Waals surface area contributed by atoms with Gasteiger partial charge in [-0.1, -0.05) is 6.92 Å². The summed E-state index contributed by atoms with van der Waals surface area (Å²) in [5.41, 5.74) is 0.223.